The summed E-state index contributed by atoms with van der Waals surface area (Å²) in [7, 11) is 0. The summed E-state index contributed by atoms with van der Waals surface area (Å²) in [6, 6.07) is 8.83. The quantitative estimate of drug-likeness (QED) is 0.249. The predicted octanol–water partition coefficient (Wildman–Crippen LogP) is 2.01. The van der Waals surface area contributed by atoms with E-state index in [1.54, 1.807) is 12.1 Å². The minimum absolute atomic E-state index is 0.0290. The summed E-state index contributed by atoms with van der Waals surface area (Å²) < 4.78 is 0. The zero-order chi connectivity index (χ0) is 24.0. The van der Waals surface area contributed by atoms with Crippen molar-refractivity contribution in [3.63, 3.8) is 0 Å². The molecule has 15 heteroatoms. The molecule has 0 unspecified atom stereocenters. The molecule has 3 rings (SSSR count). The maximum atomic E-state index is 12.4. The third-order valence-corrected chi connectivity index (χ3v) is 4.74. The van der Waals surface area contributed by atoms with Crippen molar-refractivity contribution >= 4 is 45.9 Å². The highest BCUT2D eigenvalue weighted by molar-refractivity contribution is 7.15. The molecule has 33 heavy (non-hydrogen) atoms. The number of hydrazone groups is 1. The lowest BCUT2D eigenvalue weighted by atomic mass is 10.1. The summed E-state index contributed by atoms with van der Waals surface area (Å²) in [4.78, 5) is 44.6. The van der Waals surface area contributed by atoms with Gasteiger partial charge in [0.15, 0.2) is 0 Å². The van der Waals surface area contributed by atoms with E-state index in [0.29, 0.717) is 11.6 Å². The molecule has 0 saturated carbocycles. The van der Waals surface area contributed by atoms with Crippen LogP contribution in [0.4, 0.5) is 16.5 Å². The molecule has 3 N–H and O–H groups in total. The van der Waals surface area contributed by atoms with E-state index < -0.39 is 38.6 Å². The van der Waals surface area contributed by atoms with Gasteiger partial charge >= 0.3 is 0 Å². The number of anilines is 1. The van der Waals surface area contributed by atoms with Crippen LogP contribution < -0.4 is 10.7 Å². The third-order valence-electron chi connectivity index (χ3n) is 3.91. The van der Waals surface area contributed by atoms with Gasteiger partial charge in [-0.05, 0) is 23.8 Å². The maximum absolute atomic E-state index is 12.4. The second-order valence-corrected chi connectivity index (χ2v) is 7.30. The number of nitrogens with zero attached hydrogens (tertiary/aromatic N) is 5. The van der Waals surface area contributed by atoms with Gasteiger partial charge in [-0.15, -0.1) is 10.2 Å². The second-order valence-electron chi connectivity index (χ2n) is 6.24. The number of phenolic OH excluding ortho intramolecular Hbond substituents is 1. The highest BCUT2D eigenvalue weighted by Gasteiger charge is 2.25. The summed E-state index contributed by atoms with van der Waals surface area (Å²) in [5.41, 5.74) is 1.17. The van der Waals surface area contributed by atoms with Crippen molar-refractivity contribution in [2.75, 3.05) is 5.32 Å². The highest BCUT2D eigenvalue weighted by atomic mass is 32.1. The molecule has 0 bridgehead atoms. The summed E-state index contributed by atoms with van der Waals surface area (Å²) in [5, 5.41) is 45.1. The molecular formula is C18H13N7O7S. The minimum atomic E-state index is -0.917. The first-order valence-corrected chi connectivity index (χ1v) is 9.72. The van der Waals surface area contributed by atoms with Crippen molar-refractivity contribution in [1.82, 2.24) is 15.6 Å². The van der Waals surface area contributed by atoms with Crippen molar-refractivity contribution in [2.24, 2.45) is 5.10 Å². The first-order chi connectivity index (χ1) is 15.7. The summed E-state index contributed by atoms with van der Waals surface area (Å²) >= 11 is 0.860. The number of hydrogen-bond donors (Lipinski definition) is 3. The Morgan fingerprint density at radius 2 is 1.91 bits per heavy atom. The van der Waals surface area contributed by atoms with E-state index in [9.17, 15) is 34.9 Å². The first-order valence-electron chi connectivity index (χ1n) is 8.90. The number of hydrogen-bond acceptors (Lipinski definition) is 11. The molecule has 168 valence electrons. The lowest BCUT2D eigenvalue weighted by Crippen LogP contribution is -2.19. The standard InChI is InChI=1S/C18H13N7O7S/c26-12-3-1-2-10(6-12)9-19-21-15(27)8-16-22-23-18(33-16)20-17(28)13-5-4-11(24(29)30)7-14(13)25(31)32/h1-7,9,26H,8H2,(H,21,27)(H,20,23,28)/b19-9-. The molecule has 0 saturated heterocycles. The van der Waals surface area contributed by atoms with Gasteiger partial charge in [0, 0.05) is 6.07 Å². The van der Waals surface area contributed by atoms with E-state index in [1.807, 2.05) is 0 Å². The van der Waals surface area contributed by atoms with Crippen LogP contribution in [-0.4, -0.2) is 43.2 Å². The molecule has 3 aromatic rings. The lowest BCUT2D eigenvalue weighted by molar-refractivity contribution is -0.394. The van der Waals surface area contributed by atoms with Crippen LogP contribution in [0.1, 0.15) is 20.9 Å². The van der Waals surface area contributed by atoms with E-state index in [4.69, 9.17) is 0 Å². The molecule has 0 radical (unpaired) electrons. The molecule has 2 aromatic carbocycles. The van der Waals surface area contributed by atoms with Crippen LogP contribution in [0.5, 0.6) is 5.75 Å². The second kappa shape index (κ2) is 10.0. The predicted molar refractivity (Wildman–Crippen MR) is 115 cm³/mol. The molecule has 2 amide bonds. The van der Waals surface area contributed by atoms with Crippen molar-refractivity contribution in [2.45, 2.75) is 6.42 Å². The number of benzene rings is 2. The average molecular weight is 471 g/mol. The van der Waals surface area contributed by atoms with E-state index >= 15 is 0 Å². The number of nitro benzene ring substituents is 2. The molecular weight excluding hydrogens is 458 g/mol. The Balaban J connectivity index is 1.61. The van der Waals surface area contributed by atoms with Crippen LogP contribution in [-0.2, 0) is 11.2 Å². The fourth-order valence-electron chi connectivity index (χ4n) is 2.48. The molecule has 0 atom stereocenters. The Kier molecular flexibility index (Phi) is 6.94. The molecule has 0 aliphatic heterocycles. The largest absolute Gasteiger partial charge is 0.508 e. The Hall–Kier alpha value is -4.79. The van der Waals surface area contributed by atoms with Gasteiger partial charge in [-0.1, -0.05) is 23.5 Å². The fourth-order valence-corrected chi connectivity index (χ4v) is 3.21. The van der Waals surface area contributed by atoms with Gasteiger partial charge in [-0.3, -0.25) is 35.1 Å². The van der Waals surface area contributed by atoms with Gasteiger partial charge in [-0.25, -0.2) is 5.43 Å². The first kappa shape index (κ1) is 22.9. The number of amides is 2. The van der Waals surface area contributed by atoms with Gasteiger partial charge in [0.2, 0.25) is 11.0 Å². The van der Waals surface area contributed by atoms with E-state index in [1.165, 1.54) is 18.3 Å². The summed E-state index contributed by atoms with van der Waals surface area (Å²) in [5.74, 6) is -1.39. The van der Waals surface area contributed by atoms with Crippen LogP contribution in [0.25, 0.3) is 0 Å². The number of nitrogens with one attached hydrogen (secondary N) is 2. The molecule has 1 heterocycles. The van der Waals surface area contributed by atoms with Crippen LogP contribution in [0.2, 0.25) is 0 Å². The molecule has 0 aliphatic rings. The van der Waals surface area contributed by atoms with Crippen LogP contribution in [0.3, 0.4) is 0 Å². The molecule has 1 aromatic heterocycles. The van der Waals surface area contributed by atoms with Gasteiger partial charge in [-0.2, -0.15) is 5.10 Å². The number of aromatic nitrogens is 2. The molecule has 14 nitrogen and oxygen atoms in total. The fraction of sp³-hybridized carbons (Fsp3) is 0.0556. The summed E-state index contributed by atoms with van der Waals surface area (Å²) in [6.07, 6.45) is 1.13. The van der Waals surface area contributed by atoms with Crippen molar-refractivity contribution in [3.8, 4) is 5.75 Å². The monoisotopic (exact) mass is 471 g/mol. The Morgan fingerprint density at radius 1 is 1.12 bits per heavy atom. The number of nitro groups is 2. The van der Waals surface area contributed by atoms with Crippen molar-refractivity contribution in [3.05, 3.63) is 78.8 Å². The zero-order valence-electron chi connectivity index (χ0n) is 16.4. The third kappa shape index (κ3) is 6.11. The normalized spacial score (nSPS) is 10.7. The number of rotatable bonds is 8. The van der Waals surface area contributed by atoms with Crippen LogP contribution in [0.15, 0.2) is 47.6 Å². The van der Waals surface area contributed by atoms with Gasteiger partial charge < -0.3 is 5.11 Å². The SMILES string of the molecule is O=C(Cc1nnc(NC(=O)c2ccc([N+](=O)[O-])cc2[N+](=O)[O-])s1)N/N=C\c1cccc(O)c1. The summed E-state index contributed by atoms with van der Waals surface area (Å²) in [6.45, 7) is 0. The number of carbonyl (C=O) groups excluding carboxylic acids is 2. The van der Waals surface area contributed by atoms with Crippen LogP contribution in [0, 0.1) is 20.2 Å². The van der Waals surface area contributed by atoms with Crippen molar-refractivity contribution < 1.29 is 24.5 Å². The van der Waals surface area contributed by atoms with E-state index in [2.05, 4.69) is 26.0 Å². The van der Waals surface area contributed by atoms with Crippen molar-refractivity contribution in [1.29, 1.82) is 0 Å². The number of carbonyl (C=O) groups is 2. The van der Waals surface area contributed by atoms with Gasteiger partial charge in [0.1, 0.15) is 16.3 Å². The average Bonchev–Trinajstić information content (AvgIpc) is 3.19. The van der Waals surface area contributed by atoms with Gasteiger partial charge in [0.25, 0.3) is 17.3 Å². The Bertz CT molecular complexity index is 1270. The Labute approximate surface area is 187 Å². The molecule has 0 fully saturated rings. The Morgan fingerprint density at radius 3 is 2.61 bits per heavy atom. The van der Waals surface area contributed by atoms with E-state index in [-0.39, 0.29) is 22.3 Å². The lowest BCUT2D eigenvalue weighted by Gasteiger charge is -2.02. The van der Waals surface area contributed by atoms with Gasteiger partial charge in [0.05, 0.1) is 28.5 Å². The zero-order valence-corrected chi connectivity index (χ0v) is 17.2. The maximum Gasteiger partial charge on any atom is 0.289 e. The number of non-ortho nitro benzene ring substituents is 1. The highest BCUT2D eigenvalue weighted by Crippen LogP contribution is 2.26. The number of phenols is 1. The minimum Gasteiger partial charge on any atom is -0.508 e. The molecule has 0 spiro atoms. The number of aromatic hydroxyl groups is 1. The topological polar surface area (TPSA) is 203 Å². The van der Waals surface area contributed by atoms with Crippen LogP contribution >= 0.6 is 11.3 Å². The smallest absolute Gasteiger partial charge is 0.289 e. The van der Waals surface area contributed by atoms with E-state index in [0.717, 1.165) is 23.5 Å². The molecule has 0 aliphatic carbocycles.